The largest absolute Gasteiger partial charge is 0.490 e. The molecule has 0 heterocycles. The third-order valence-electron chi connectivity index (χ3n) is 5.03. The molecule has 0 saturated heterocycles. The van der Waals surface area contributed by atoms with E-state index in [0.29, 0.717) is 30.8 Å². The fourth-order valence-corrected chi connectivity index (χ4v) is 3.89. The Labute approximate surface area is 192 Å². The zero-order valence-corrected chi connectivity index (χ0v) is 19.6. The smallest absolute Gasteiger partial charge is 0.175 e. The molecule has 0 unspecified atom stereocenters. The first kappa shape index (κ1) is 23.3. The van der Waals surface area contributed by atoms with Crippen LogP contribution in [0.2, 0.25) is 0 Å². The van der Waals surface area contributed by atoms with E-state index in [1.54, 1.807) is 12.1 Å². The van der Waals surface area contributed by atoms with E-state index < -0.39 is 0 Å². The molecule has 0 radical (unpaired) electrons. The molecule has 1 N–H and O–H groups in total. The number of nitrogens with one attached hydrogen (secondary N) is 1. The third kappa shape index (κ3) is 7.37. The Morgan fingerprint density at radius 3 is 2.39 bits per heavy atom. The van der Waals surface area contributed by atoms with Crippen LogP contribution in [0.15, 0.2) is 71.2 Å². The molecule has 164 valence electrons. The quantitative estimate of drug-likeness (QED) is 0.328. The highest BCUT2D eigenvalue weighted by molar-refractivity contribution is 9.10. The topological polar surface area (TPSA) is 30.5 Å². The minimum atomic E-state index is -0.255. The lowest BCUT2D eigenvalue weighted by Crippen LogP contribution is -2.26. The number of aryl methyl sites for hydroxylation is 1. The zero-order chi connectivity index (χ0) is 22.1. The Bertz CT molecular complexity index is 948. The molecule has 5 heteroatoms. The van der Waals surface area contributed by atoms with Gasteiger partial charge in [0, 0.05) is 12.6 Å². The summed E-state index contributed by atoms with van der Waals surface area (Å²) in [5, 5.41) is 3.60. The third-order valence-corrected chi connectivity index (χ3v) is 5.62. The molecular weight excluding hydrogens is 457 g/mol. The van der Waals surface area contributed by atoms with E-state index in [1.807, 2.05) is 19.1 Å². The first-order valence-corrected chi connectivity index (χ1v) is 11.4. The van der Waals surface area contributed by atoms with Crippen LogP contribution in [0.5, 0.6) is 11.5 Å². The summed E-state index contributed by atoms with van der Waals surface area (Å²) in [5.74, 6) is 1.11. The van der Waals surface area contributed by atoms with Gasteiger partial charge >= 0.3 is 0 Å². The molecule has 0 fully saturated rings. The Morgan fingerprint density at radius 2 is 1.68 bits per heavy atom. The van der Waals surface area contributed by atoms with Gasteiger partial charge in [-0.2, -0.15) is 0 Å². The summed E-state index contributed by atoms with van der Waals surface area (Å²) in [5.41, 5.74) is 3.38. The molecule has 3 aromatic carbocycles. The minimum absolute atomic E-state index is 0.255. The van der Waals surface area contributed by atoms with Gasteiger partial charge in [-0.05, 0) is 83.6 Å². The molecule has 0 aliphatic rings. The van der Waals surface area contributed by atoms with Gasteiger partial charge < -0.3 is 14.8 Å². The van der Waals surface area contributed by atoms with Gasteiger partial charge in [0.2, 0.25) is 0 Å². The molecule has 0 amide bonds. The summed E-state index contributed by atoms with van der Waals surface area (Å²) in [6, 6.07) is 21.3. The Morgan fingerprint density at radius 1 is 0.935 bits per heavy atom. The highest BCUT2D eigenvalue weighted by Crippen LogP contribution is 2.37. The van der Waals surface area contributed by atoms with Crippen molar-refractivity contribution >= 4 is 15.9 Å². The molecule has 0 aliphatic heterocycles. The van der Waals surface area contributed by atoms with Crippen molar-refractivity contribution in [1.82, 2.24) is 5.32 Å². The van der Waals surface area contributed by atoms with Crippen molar-refractivity contribution in [3.63, 3.8) is 0 Å². The molecule has 0 aliphatic carbocycles. The molecule has 1 atom stereocenters. The normalized spacial score (nSPS) is 11.9. The number of ether oxygens (including phenoxy) is 2. The average Bonchev–Trinajstić information content (AvgIpc) is 2.78. The maximum Gasteiger partial charge on any atom is 0.175 e. The highest BCUT2D eigenvalue weighted by atomic mass is 79.9. The Hall–Kier alpha value is -2.37. The molecule has 0 spiro atoms. The molecule has 0 saturated carbocycles. The van der Waals surface area contributed by atoms with Crippen LogP contribution in [-0.4, -0.2) is 12.6 Å². The van der Waals surface area contributed by atoms with Crippen molar-refractivity contribution in [3.8, 4) is 11.5 Å². The number of hydrogen-bond donors (Lipinski definition) is 1. The van der Waals surface area contributed by atoms with Crippen LogP contribution < -0.4 is 14.8 Å². The standard InChI is InChI=1S/C26H29BrFNO2/c1-3-30-25-16-22(17-29-19(2)9-10-20-7-5-4-6-8-20)15-24(27)26(25)31-18-21-11-13-23(28)14-12-21/h4-8,11-16,19,29H,3,9-10,17-18H2,1-2H3/t19-/m0/s1. The predicted octanol–water partition coefficient (Wildman–Crippen LogP) is 6.68. The first-order valence-electron chi connectivity index (χ1n) is 10.6. The molecule has 0 bridgehead atoms. The molecule has 3 nitrogen and oxygen atoms in total. The lowest BCUT2D eigenvalue weighted by atomic mass is 10.1. The number of hydrogen-bond acceptors (Lipinski definition) is 3. The van der Waals surface area contributed by atoms with Gasteiger partial charge in [0.25, 0.3) is 0 Å². The molecule has 3 rings (SSSR count). The molecule has 0 aromatic heterocycles. The fraction of sp³-hybridized carbons (Fsp3) is 0.308. The zero-order valence-electron chi connectivity index (χ0n) is 18.0. The van der Waals surface area contributed by atoms with Crippen LogP contribution in [0.25, 0.3) is 0 Å². The second-order valence-corrected chi connectivity index (χ2v) is 8.41. The Balaban J connectivity index is 1.60. The highest BCUT2D eigenvalue weighted by Gasteiger charge is 2.13. The van der Waals surface area contributed by atoms with E-state index >= 15 is 0 Å². The van der Waals surface area contributed by atoms with Gasteiger partial charge in [0.1, 0.15) is 12.4 Å². The lowest BCUT2D eigenvalue weighted by Gasteiger charge is -2.18. The molecule has 31 heavy (non-hydrogen) atoms. The fourth-order valence-electron chi connectivity index (χ4n) is 3.28. The maximum absolute atomic E-state index is 13.1. The van der Waals surface area contributed by atoms with Crippen molar-refractivity contribution in [1.29, 1.82) is 0 Å². The monoisotopic (exact) mass is 485 g/mol. The van der Waals surface area contributed by atoms with Gasteiger partial charge in [-0.1, -0.05) is 42.5 Å². The van der Waals surface area contributed by atoms with Crippen molar-refractivity contribution in [3.05, 3.63) is 93.7 Å². The number of halogens is 2. The van der Waals surface area contributed by atoms with Crippen molar-refractivity contribution in [2.45, 2.75) is 45.9 Å². The number of benzene rings is 3. The molecular formula is C26H29BrFNO2. The van der Waals surface area contributed by atoms with Gasteiger partial charge in [-0.25, -0.2) is 4.39 Å². The summed E-state index contributed by atoms with van der Waals surface area (Å²) in [4.78, 5) is 0. The summed E-state index contributed by atoms with van der Waals surface area (Å²) in [6.45, 7) is 5.79. The second-order valence-electron chi connectivity index (χ2n) is 7.56. The van der Waals surface area contributed by atoms with Crippen LogP contribution in [0.3, 0.4) is 0 Å². The maximum atomic E-state index is 13.1. The van der Waals surface area contributed by atoms with E-state index in [1.165, 1.54) is 17.7 Å². The van der Waals surface area contributed by atoms with Crippen molar-refractivity contribution in [2.24, 2.45) is 0 Å². The number of rotatable bonds is 11. The van der Waals surface area contributed by atoms with E-state index in [9.17, 15) is 4.39 Å². The summed E-state index contributed by atoms with van der Waals surface area (Å²) in [7, 11) is 0. The Kier molecular flexibility index (Phi) is 8.92. The second kappa shape index (κ2) is 11.9. The van der Waals surface area contributed by atoms with E-state index in [2.05, 4.69) is 58.5 Å². The van der Waals surface area contributed by atoms with Crippen molar-refractivity contribution in [2.75, 3.05) is 6.61 Å². The lowest BCUT2D eigenvalue weighted by molar-refractivity contribution is 0.267. The van der Waals surface area contributed by atoms with Gasteiger partial charge in [-0.3, -0.25) is 0 Å². The van der Waals surface area contributed by atoms with Crippen LogP contribution >= 0.6 is 15.9 Å². The van der Waals surface area contributed by atoms with Crippen molar-refractivity contribution < 1.29 is 13.9 Å². The van der Waals surface area contributed by atoms with Crippen LogP contribution in [0.1, 0.15) is 37.0 Å². The SMILES string of the molecule is CCOc1cc(CN[C@@H](C)CCc2ccccc2)cc(Br)c1OCc1ccc(F)cc1. The van der Waals surface area contributed by atoms with E-state index in [-0.39, 0.29) is 5.82 Å². The van der Waals surface area contributed by atoms with Crippen LogP contribution in [0, 0.1) is 5.82 Å². The summed E-state index contributed by atoms with van der Waals surface area (Å²) in [6.07, 6.45) is 2.13. The average molecular weight is 486 g/mol. The van der Waals surface area contributed by atoms with Gasteiger partial charge in [0.05, 0.1) is 11.1 Å². The van der Waals surface area contributed by atoms with Crippen LogP contribution in [0.4, 0.5) is 4.39 Å². The predicted molar refractivity (Wildman–Crippen MR) is 127 cm³/mol. The molecule has 3 aromatic rings. The first-order chi connectivity index (χ1) is 15.0. The summed E-state index contributed by atoms with van der Waals surface area (Å²) < 4.78 is 25.8. The van der Waals surface area contributed by atoms with E-state index in [4.69, 9.17) is 9.47 Å². The minimum Gasteiger partial charge on any atom is -0.490 e. The van der Waals surface area contributed by atoms with Gasteiger partial charge in [0.15, 0.2) is 11.5 Å². The van der Waals surface area contributed by atoms with Crippen LogP contribution in [-0.2, 0) is 19.6 Å². The van der Waals surface area contributed by atoms with Gasteiger partial charge in [-0.15, -0.1) is 0 Å². The van der Waals surface area contributed by atoms with E-state index in [0.717, 1.165) is 35.0 Å². The summed E-state index contributed by atoms with van der Waals surface area (Å²) >= 11 is 3.63.